The molecule has 0 radical (unpaired) electrons. The van der Waals surface area contributed by atoms with Crippen LogP contribution in [0.25, 0.3) is 0 Å². The lowest BCUT2D eigenvalue weighted by Crippen LogP contribution is -2.36. The van der Waals surface area contributed by atoms with E-state index in [0.717, 1.165) is 12.0 Å². The van der Waals surface area contributed by atoms with E-state index in [2.05, 4.69) is 22.8 Å². The molecule has 2 N–H and O–H groups in total. The molecule has 0 saturated heterocycles. The highest BCUT2D eigenvalue weighted by molar-refractivity contribution is 6.31. The van der Waals surface area contributed by atoms with Gasteiger partial charge in [0.1, 0.15) is 0 Å². The summed E-state index contributed by atoms with van der Waals surface area (Å²) in [4.78, 5) is 11.8. The molecule has 0 aliphatic carbocycles. The highest BCUT2D eigenvalue weighted by Gasteiger charge is 2.10. The quantitative estimate of drug-likeness (QED) is 0.822. The summed E-state index contributed by atoms with van der Waals surface area (Å²) in [7, 11) is 0. The molecule has 0 bridgehead atoms. The van der Waals surface area contributed by atoms with Crippen LogP contribution in [0, 0.1) is 0 Å². The smallest absolute Gasteiger partial charge is 0.233 e. The zero-order valence-corrected chi connectivity index (χ0v) is 13.4. The van der Waals surface area contributed by atoms with Gasteiger partial charge in [-0.05, 0) is 30.5 Å². The number of benzene rings is 2. The van der Waals surface area contributed by atoms with Gasteiger partial charge in [0.2, 0.25) is 5.91 Å². The second kappa shape index (κ2) is 8.57. The maximum atomic E-state index is 11.8. The van der Waals surface area contributed by atoms with Crippen molar-refractivity contribution in [3.8, 4) is 0 Å². The molecule has 0 aliphatic heterocycles. The highest BCUT2D eigenvalue weighted by Crippen LogP contribution is 2.21. The fourth-order valence-corrected chi connectivity index (χ4v) is 2.53. The van der Waals surface area contributed by atoms with Crippen molar-refractivity contribution < 1.29 is 4.79 Å². The molecule has 116 valence electrons. The first-order valence-corrected chi connectivity index (χ1v) is 7.83. The molecule has 2 aromatic rings. The monoisotopic (exact) mass is 316 g/mol. The minimum Gasteiger partial charge on any atom is -0.355 e. The van der Waals surface area contributed by atoms with Crippen molar-refractivity contribution in [3.63, 3.8) is 0 Å². The topological polar surface area (TPSA) is 41.1 Å². The van der Waals surface area contributed by atoms with Gasteiger partial charge < -0.3 is 10.6 Å². The van der Waals surface area contributed by atoms with Crippen molar-refractivity contribution >= 4 is 17.5 Å². The fraction of sp³-hybridized carbons (Fsp3) is 0.278. The molecule has 1 amide bonds. The Morgan fingerprint density at radius 1 is 1.09 bits per heavy atom. The molecule has 1 unspecified atom stereocenters. The number of hydrogen-bond donors (Lipinski definition) is 2. The van der Waals surface area contributed by atoms with Crippen molar-refractivity contribution in [2.75, 3.05) is 13.1 Å². The third kappa shape index (κ3) is 5.17. The lowest BCUT2D eigenvalue weighted by Gasteiger charge is -2.15. The van der Waals surface area contributed by atoms with E-state index >= 15 is 0 Å². The summed E-state index contributed by atoms with van der Waals surface area (Å²) in [6.07, 6.45) is 0.840. The van der Waals surface area contributed by atoms with Crippen LogP contribution >= 0.6 is 11.6 Å². The lowest BCUT2D eigenvalue weighted by molar-refractivity contribution is -0.120. The number of carbonyl (C=O) groups is 1. The second-order valence-corrected chi connectivity index (χ2v) is 5.62. The Bertz CT molecular complexity index is 601. The van der Waals surface area contributed by atoms with Crippen LogP contribution in [0.1, 0.15) is 24.1 Å². The Morgan fingerprint density at radius 2 is 1.77 bits per heavy atom. The molecule has 0 spiro atoms. The van der Waals surface area contributed by atoms with Crippen molar-refractivity contribution in [3.05, 3.63) is 70.7 Å². The standard InChI is InChI=1S/C18H21ClN2O/c1-14(16-9-5-6-10-17(16)19)21-13-18(22)20-12-11-15-7-3-2-4-8-15/h2-10,14,21H,11-13H2,1H3,(H,20,22). The Kier molecular flexibility index (Phi) is 6.44. The van der Waals surface area contributed by atoms with Crippen LogP contribution in [0.2, 0.25) is 5.02 Å². The van der Waals surface area contributed by atoms with Gasteiger partial charge in [-0.3, -0.25) is 4.79 Å². The predicted molar refractivity (Wildman–Crippen MR) is 91.0 cm³/mol. The van der Waals surface area contributed by atoms with E-state index in [0.29, 0.717) is 11.6 Å². The predicted octanol–water partition coefficient (Wildman–Crippen LogP) is 3.35. The van der Waals surface area contributed by atoms with Gasteiger partial charge in [-0.1, -0.05) is 60.1 Å². The average molecular weight is 317 g/mol. The molecular weight excluding hydrogens is 296 g/mol. The normalized spacial score (nSPS) is 11.9. The summed E-state index contributed by atoms with van der Waals surface area (Å²) in [6.45, 7) is 2.92. The summed E-state index contributed by atoms with van der Waals surface area (Å²) >= 11 is 6.15. The minimum atomic E-state index is -0.00478. The van der Waals surface area contributed by atoms with E-state index in [1.807, 2.05) is 49.4 Å². The lowest BCUT2D eigenvalue weighted by atomic mass is 10.1. The van der Waals surface area contributed by atoms with E-state index in [4.69, 9.17) is 11.6 Å². The molecule has 2 aromatic carbocycles. The molecule has 0 saturated carbocycles. The van der Waals surface area contributed by atoms with Gasteiger partial charge in [0.25, 0.3) is 0 Å². The van der Waals surface area contributed by atoms with Crippen molar-refractivity contribution in [2.24, 2.45) is 0 Å². The van der Waals surface area contributed by atoms with Gasteiger partial charge in [0.05, 0.1) is 6.54 Å². The van der Waals surface area contributed by atoms with Crippen LogP contribution < -0.4 is 10.6 Å². The average Bonchev–Trinajstić information content (AvgIpc) is 2.54. The van der Waals surface area contributed by atoms with E-state index in [1.165, 1.54) is 5.56 Å². The first kappa shape index (κ1) is 16.5. The van der Waals surface area contributed by atoms with Crippen molar-refractivity contribution in [2.45, 2.75) is 19.4 Å². The molecule has 0 heterocycles. The molecule has 0 fully saturated rings. The molecular formula is C18H21ClN2O. The summed E-state index contributed by atoms with van der Waals surface area (Å²) in [5, 5.41) is 6.82. The number of carbonyl (C=O) groups excluding carboxylic acids is 1. The summed E-state index contributed by atoms with van der Waals surface area (Å²) in [6, 6.07) is 17.8. The van der Waals surface area contributed by atoms with E-state index in [1.54, 1.807) is 0 Å². The van der Waals surface area contributed by atoms with Gasteiger partial charge in [-0.15, -0.1) is 0 Å². The van der Waals surface area contributed by atoms with Crippen LogP contribution in [-0.2, 0) is 11.2 Å². The van der Waals surface area contributed by atoms with Gasteiger partial charge >= 0.3 is 0 Å². The third-order valence-electron chi connectivity index (χ3n) is 3.52. The first-order chi connectivity index (χ1) is 10.7. The first-order valence-electron chi connectivity index (χ1n) is 7.45. The largest absolute Gasteiger partial charge is 0.355 e. The Labute approximate surface area is 136 Å². The summed E-state index contributed by atoms with van der Waals surface area (Å²) in [5.41, 5.74) is 2.22. The van der Waals surface area contributed by atoms with Crippen LogP contribution in [0.5, 0.6) is 0 Å². The van der Waals surface area contributed by atoms with Gasteiger partial charge in [-0.2, -0.15) is 0 Å². The number of nitrogens with one attached hydrogen (secondary N) is 2. The molecule has 2 rings (SSSR count). The van der Waals surface area contributed by atoms with Crippen LogP contribution in [0.3, 0.4) is 0 Å². The highest BCUT2D eigenvalue weighted by atomic mass is 35.5. The van der Waals surface area contributed by atoms with Crippen molar-refractivity contribution in [1.29, 1.82) is 0 Å². The SMILES string of the molecule is CC(NCC(=O)NCCc1ccccc1)c1ccccc1Cl. The molecule has 3 nitrogen and oxygen atoms in total. The summed E-state index contributed by atoms with van der Waals surface area (Å²) < 4.78 is 0. The third-order valence-corrected chi connectivity index (χ3v) is 3.86. The van der Waals surface area contributed by atoms with E-state index < -0.39 is 0 Å². The zero-order valence-electron chi connectivity index (χ0n) is 12.7. The maximum absolute atomic E-state index is 11.8. The van der Waals surface area contributed by atoms with Crippen LogP contribution in [0.4, 0.5) is 0 Å². The van der Waals surface area contributed by atoms with Gasteiger partial charge in [0.15, 0.2) is 0 Å². The van der Waals surface area contributed by atoms with Gasteiger partial charge in [-0.25, -0.2) is 0 Å². The maximum Gasteiger partial charge on any atom is 0.233 e. The number of hydrogen-bond acceptors (Lipinski definition) is 2. The fourth-order valence-electron chi connectivity index (χ4n) is 2.24. The summed E-state index contributed by atoms with van der Waals surface area (Å²) in [5.74, 6) is -0.00478. The molecule has 22 heavy (non-hydrogen) atoms. The Balaban J connectivity index is 1.70. The number of halogens is 1. The number of amides is 1. The van der Waals surface area contributed by atoms with E-state index in [9.17, 15) is 4.79 Å². The van der Waals surface area contributed by atoms with Crippen LogP contribution in [0.15, 0.2) is 54.6 Å². The number of rotatable bonds is 7. The van der Waals surface area contributed by atoms with Crippen molar-refractivity contribution in [1.82, 2.24) is 10.6 Å². The van der Waals surface area contributed by atoms with E-state index in [-0.39, 0.29) is 18.5 Å². The molecule has 0 aromatic heterocycles. The molecule has 1 atom stereocenters. The molecule has 4 heteroatoms. The Morgan fingerprint density at radius 3 is 2.50 bits per heavy atom. The zero-order chi connectivity index (χ0) is 15.8. The second-order valence-electron chi connectivity index (χ2n) is 5.21. The molecule has 0 aliphatic rings. The van der Waals surface area contributed by atoms with Crippen LogP contribution in [-0.4, -0.2) is 19.0 Å². The Hall–Kier alpha value is -1.84. The van der Waals surface area contributed by atoms with Gasteiger partial charge in [0, 0.05) is 17.6 Å². The minimum absolute atomic E-state index is 0.00478.